The third kappa shape index (κ3) is 13.2. The van der Waals surface area contributed by atoms with Crippen LogP contribution < -0.4 is 14.8 Å². The van der Waals surface area contributed by atoms with Crippen LogP contribution in [0, 0.1) is 5.92 Å². The lowest BCUT2D eigenvalue weighted by Gasteiger charge is -2.24. The first kappa shape index (κ1) is 35.7. The summed E-state index contributed by atoms with van der Waals surface area (Å²) in [6, 6.07) is 3.73. The SMILES string of the molecule is CCCC(C)C(=O)OCCN[C@@H](Cc1ccc(OC(=O)OC(C)(C)CC)c(OC(=O)OC(C)(C)CC)c1)C(=O)OC. The van der Waals surface area contributed by atoms with E-state index in [0.29, 0.717) is 18.4 Å². The second-order valence-corrected chi connectivity index (χ2v) is 11.0. The fourth-order valence-corrected chi connectivity index (χ4v) is 3.35. The zero-order chi connectivity index (χ0) is 31.2. The Hall–Kier alpha value is -3.34. The number of methoxy groups -OCH3 is 1. The van der Waals surface area contributed by atoms with Crippen molar-refractivity contribution in [3.05, 3.63) is 23.8 Å². The van der Waals surface area contributed by atoms with Crippen molar-refractivity contribution in [2.45, 2.75) is 105 Å². The van der Waals surface area contributed by atoms with Crippen LogP contribution in [-0.4, -0.2) is 61.8 Å². The highest BCUT2D eigenvalue weighted by molar-refractivity contribution is 5.76. The van der Waals surface area contributed by atoms with Gasteiger partial charge in [0.25, 0.3) is 0 Å². The molecule has 0 spiro atoms. The molecule has 0 aromatic heterocycles. The van der Waals surface area contributed by atoms with Gasteiger partial charge >= 0.3 is 24.2 Å². The van der Waals surface area contributed by atoms with Gasteiger partial charge in [0.2, 0.25) is 0 Å². The van der Waals surface area contributed by atoms with E-state index in [0.717, 1.165) is 12.8 Å². The third-order valence-electron chi connectivity index (χ3n) is 6.60. The molecule has 11 nitrogen and oxygen atoms in total. The van der Waals surface area contributed by atoms with E-state index in [-0.39, 0.29) is 43.0 Å². The Bertz CT molecular complexity index is 1020. The maximum atomic E-state index is 12.6. The summed E-state index contributed by atoms with van der Waals surface area (Å²) < 4.78 is 31.7. The van der Waals surface area contributed by atoms with Gasteiger partial charge in [-0.25, -0.2) is 9.59 Å². The van der Waals surface area contributed by atoms with Gasteiger partial charge < -0.3 is 33.7 Å². The molecule has 0 bridgehead atoms. The van der Waals surface area contributed by atoms with E-state index in [9.17, 15) is 19.2 Å². The molecule has 0 fully saturated rings. The fraction of sp³-hybridized carbons (Fsp3) is 0.667. The summed E-state index contributed by atoms with van der Waals surface area (Å²) in [5, 5.41) is 3.03. The van der Waals surface area contributed by atoms with Crippen molar-refractivity contribution in [2.75, 3.05) is 20.3 Å². The van der Waals surface area contributed by atoms with Gasteiger partial charge in [-0.2, -0.15) is 0 Å². The summed E-state index contributed by atoms with van der Waals surface area (Å²) in [4.78, 5) is 49.5. The quantitative estimate of drug-likeness (QED) is 0.111. The summed E-state index contributed by atoms with van der Waals surface area (Å²) >= 11 is 0. The first-order valence-electron chi connectivity index (χ1n) is 14.1. The molecule has 2 atom stereocenters. The van der Waals surface area contributed by atoms with Crippen LogP contribution in [0.25, 0.3) is 0 Å². The Labute approximate surface area is 243 Å². The molecule has 1 rings (SSSR count). The van der Waals surface area contributed by atoms with Gasteiger partial charge in [-0.3, -0.25) is 9.59 Å². The highest BCUT2D eigenvalue weighted by Gasteiger charge is 2.27. The Kier molecular flexibility index (Phi) is 14.6. The third-order valence-corrected chi connectivity index (χ3v) is 6.60. The lowest BCUT2D eigenvalue weighted by molar-refractivity contribution is -0.148. The Balaban J connectivity index is 3.10. The van der Waals surface area contributed by atoms with Gasteiger partial charge in [-0.1, -0.05) is 40.2 Å². The van der Waals surface area contributed by atoms with Gasteiger partial charge in [0.15, 0.2) is 11.5 Å². The van der Waals surface area contributed by atoms with Crippen molar-refractivity contribution >= 4 is 24.2 Å². The second kappa shape index (κ2) is 16.8. The molecule has 0 heterocycles. The minimum atomic E-state index is -0.983. The van der Waals surface area contributed by atoms with Crippen LogP contribution in [0.3, 0.4) is 0 Å². The van der Waals surface area contributed by atoms with E-state index in [4.69, 9.17) is 28.4 Å². The molecule has 1 N–H and O–H groups in total. The van der Waals surface area contributed by atoms with Crippen molar-refractivity contribution < 1.29 is 47.6 Å². The predicted octanol–water partition coefficient (Wildman–Crippen LogP) is 5.75. The molecule has 0 aliphatic rings. The van der Waals surface area contributed by atoms with E-state index >= 15 is 0 Å². The zero-order valence-electron chi connectivity index (χ0n) is 25.9. The van der Waals surface area contributed by atoms with Crippen LogP contribution in [0.2, 0.25) is 0 Å². The lowest BCUT2D eigenvalue weighted by Crippen LogP contribution is -2.41. The molecule has 0 saturated heterocycles. The average Bonchev–Trinajstić information content (AvgIpc) is 2.90. The molecule has 232 valence electrons. The summed E-state index contributed by atoms with van der Waals surface area (Å²) in [5.74, 6) is -1.18. The van der Waals surface area contributed by atoms with E-state index in [2.05, 4.69) is 5.32 Å². The van der Waals surface area contributed by atoms with Crippen LogP contribution in [0.5, 0.6) is 11.5 Å². The Morgan fingerprint density at radius 1 is 0.854 bits per heavy atom. The molecule has 0 amide bonds. The zero-order valence-corrected chi connectivity index (χ0v) is 25.9. The first-order chi connectivity index (χ1) is 19.2. The van der Waals surface area contributed by atoms with E-state index in [1.54, 1.807) is 33.8 Å². The van der Waals surface area contributed by atoms with Gasteiger partial charge in [0.1, 0.15) is 23.9 Å². The summed E-state index contributed by atoms with van der Waals surface area (Å²) in [6.07, 6.45) is 0.896. The fourth-order valence-electron chi connectivity index (χ4n) is 3.35. The van der Waals surface area contributed by atoms with Crippen molar-refractivity contribution in [1.82, 2.24) is 5.32 Å². The standard InChI is InChI=1S/C30H47NO10/c1-10-13-20(4)25(32)37-17-16-31-22(26(33)36-9)18-21-14-15-23(38-27(34)40-29(5,6)11-2)24(19-21)39-28(35)41-30(7,8)12-3/h14-15,19-20,22,31H,10-13,16-18H2,1-9H3/t20?,22-/m0/s1. The molecule has 1 aromatic rings. The first-order valence-corrected chi connectivity index (χ1v) is 14.1. The number of carbonyl (C=O) groups excluding carboxylic acids is 4. The summed E-state index contributed by atoms with van der Waals surface area (Å²) in [7, 11) is 1.27. The number of esters is 2. The van der Waals surface area contributed by atoms with Crippen LogP contribution >= 0.6 is 0 Å². The molecule has 0 aliphatic heterocycles. The van der Waals surface area contributed by atoms with Crippen molar-refractivity contribution in [1.29, 1.82) is 0 Å². The number of ether oxygens (including phenoxy) is 6. The Morgan fingerprint density at radius 2 is 1.41 bits per heavy atom. The number of hydrogen-bond acceptors (Lipinski definition) is 11. The minimum absolute atomic E-state index is 0.0624. The lowest BCUT2D eigenvalue weighted by atomic mass is 10.1. The van der Waals surface area contributed by atoms with Crippen LogP contribution in [0.4, 0.5) is 9.59 Å². The maximum absolute atomic E-state index is 12.6. The molecule has 1 unspecified atom stereocenters. The molecule has 11 heteroatoms. The monoisotopic (exact) mass is 581 g/mol. The number of rotatable bonds is 16. The molecule has 41 heavy (non-hydrogen) atoms. The molecule has 0 aliphatic carbocycles. The summed E-state index contributed by atoms with van der Waals surface area (Å²) in [5.41, 5.74) is -0.977. The molecular formula is C30H47NO10. The number of hydrogen-bond donors (Lipinski definition) is 1. The second-order valence-electron chi connectivity index (χ2n) is 11.0. The normalized spacial score (nSPS) is 13.0. The highest BCUT2D eigenvalue weighted by Crippen LogP contribution is 2.31. The van der Waals surface area contributed by atoms with E-state index in [1.165, 1.54) is 19.2 Å². The molecule has 1 aromatic carbocycles. The predicted molar refractivity (Wildman–Crippen MR) is 152 cm³/mol. The van der Waals surface area contributed by atoms with Gasteiger partial charge in [0, 0.05) is 6.54 Å². The smallest absolute Gasteiger partial charge is 0.468 e. The van der Waals surface area contributed by atoms with Gasteiger partial charge in [-0.05, 0) is 71.1 Å². The Morgan fingerprint density at radius 3 is 1.93 bits per heavy atom. The average molecular weight is 582 g/mol. The number of carbonyl (C=O) groups is 4. The largest absolute Gasteiger partial charge is 0.514 e. The van der Waals surface area contributed by atoms with Gasteiger partial charge in [0.05, 0.1) is 13.0 Å². The topological polar surface area (TPSA) is 136 Å². The van der Waals surface area contributed by atoms with Gasteiger partial charge in [-0.15, -0.1) is 0 Å². The number of benzene rings is 1. The van der Waals surface area contributed by atoms with Crippen molar-refractivity contribution in [3.8, 4) is 11.5 Å². The highest BCUT2D eigenvalue weighted by atomic mass is 16.8. The van der Waals surface area contributed by atoms with Crippen LogP contribution in [-0.2, 0) is 35.0 Å². The van der Waals surface area contributed by atoms with Crippen LogP contribution in [0.1, 0.15) is 86.6 Å². The minimum Gasteiger partial charge on any atom is -0.468 e. The van der Waals surface area contributed by atoms with Crippen molar-refractivity contribution in [2.24, 2.45) is 5.92 Å². The molecule has 0 saturated carbocycles. The van der Waals surface area contributed by atoms with E-state index in [1.807, 2.05) is 27.7 Å². The molecule has 0 radical (unpaired) electrons. The number of nitrogens with one attached hydrogen (secondary N) is 1. The van der Waals surface area contributed by atoms with E-state index < -0.39 is 35.5 Å². The van der Waals surface area contributed by atoms with Crippen LogP contribution in [0.15, 0.2) is 18.2 Å². The maximum Gasteiger partial charge on any atom is 0.514 e. The van der Waals surface area contributed by atoms with Crippen molar-refractivity contribution in [3.63, 3.8) is 0 Å². The summed E-state index contributed by atoms with van der Waals surface area (Å²) in [6.45, 7) is 14.8. The molecular weight excluding hydrogens is 534 g/mol.